The summed E-state index contributed by atoms with van der Waals surface area (Å²) in [5.74, 6) is 0.268. The third-order valence-corrected chi connectivity index (χ3v) is 4.49. The Balaban J connectivity index is 1.90. The molecule has 22 heavy (non-hydrogen) atoms. The van der Waals surface area contributed by atoms with E-state index in [1.165, 1.54) is 18.6 Å². The number of nitrogens with one attached hydrogen (secondary N) is 3. The van der Waals surface area contributed by atoms with Crippen LogP contribution in [-0.2, 0) is 0 Å². The Labute approximate surface area is 126 Å². The van der Waals surface area contributed by atoms with E-state index in [1.807, 2.05) is 0 Å². The van der Waals surface area contributed by atoms with Gasteiger partial charge >= 0.3 is 0 Å². The maximum absolute atomic E-state index is 12.4. The van der Waals surface area contributed by atoms with E-state index in [-0.39, 0.29) is 28.3 Å². The molecule has 0 saturated heterocycles. The van der Waals surface area contributed by atoms with Crippen LogP contribution < -0.4 is 16.4 Å². The second-order valence-corrected chi connectivity index (χ2v) is 6.01. The predicted octanol–water partition coefficient (Wildman–Crippen LogP) is 1.52. The number of benzene rings is 1. The van der Waals surface area contributed by atoms with Crippen LogP contribution in [0, 0.1) is 5.92 Å². The number of fused-ring (bicyclic) bond motifs is 1. The summed E-state index contributed by atoms with van der Waals surface area (Å²) in [6, 6.07) is 4.75. The molecule has 0 radical (unpaired) electrons. The van der Waals surface area contributed by atoms with Gasteiger partial charge in [-0.2, -0.15) is 0 Å². The van der Waals surface area contributed by atoms with Crippen LogP contribution in [0.2, 0.25) is 0 Å². The van der Waals surface area contributed by atoms with Crippen LogP contribution in [0.15, 0.2) is 27.8 Å². The van der Waals surface area contributed by atoms with E-state index in [9.17, 15) is 14.4 Å². The summed E-state index contributed by atoms with van der Waals surface area (Å²) >= 11 is 0. The molecular formula is C16H19N3O3. The molecule has 2 aromatic rings. The van der Waals surface area contributed by atoms with Gasteiger partial charge in [0.25, 0.3) is 17.0 Å². The fourth-order valence-corrected chi connectivity index (χ4v) is 3.10. The van der Waals surface area contributed by atoms with Crippen molar-refractivity contribution in [3.63, 3.8) is 0 Å². The van der Waals surface area contributed by atoms with Crippen molar-refractivity contribution in [3.05, 3.63) is 44.5 Å². The molecule has 6 nitrogen and oxygen atoms in total. The lowest BCUT2D eigenvalue weighted by Gasteiger charge is -2.29. The van der Waals surface area contributed by atoms with Crippen molar-refractivity contribution in [1.29, 1.82) is 0 Å². The lowest BCUT2D eigenvalue weighted by Crippen LogP contribution is -2.41. The van der Waals surface area contributed by atoms with Gasteiger partial charge in [0.1, 0.15) is 0 Å². The van der Waals surface area contributed by atoms with Gasteiger partial charge in [-0.3, -0.25) is 24.6 Å². The highest BCUT2D eigenvalue weighted by molar-refractivity contribution is 5.98. The van der Waals surface area contributed by atoms with Gasteiger partial charge in [-0.25, -0.2) is 0 Å². The Hall–Kier alpha value is -2.37. The minimum atomic E-state index is -0.407. The zero-order valence-electron chi connectivity index (χ0n) is 12.4. The molecule has 6 heteroatoms. The smallest absolute Gasteiger partial charge is 0.270 e. The maximum Gasteiger partial charge on any atom is 0.270 e. The van der Waals surface area contributed by atoms with E-state index in [1.54, 1.807) is 6.07 Å². The SMILES string of the molecule is C[C@H]1CCCC[C@@H]1NC(=O)c1ccc2c(=O)[nH][nH]c(=O)c2c1. The van der Waals surface area contributed by atoms with Crippen molar-refractivity contribution < 1.29 is 4.79 Å². The molecule has 1 aliphatic carbocycles. The fraction of sp³-hybridized carbons (Fsp3) is 0.438. The number of aromatic amines is 2. The second-order valence-electron chi connectivity index (χ2n) is 6.01. The average Bonchev–Trinajstić information content (AvgIpc) is 2.53. The molecule has 3 rings (SSSR count). The zero-order valence-corrected chi connectivity index (χ0v) is 12.4. The zero-order chi connectivity index (χ0) is 15.7. The van der Waals surface area contributed by atoms with Crippen LogP contribution in [0.1, 0.15) is 43.0 Å². The van der Waals surface area contributed by atoms with Gasteiger partial charge in [0.15, 0.2) is 0 Å². The summed E-state index contributed by atoms with van der Waals surface area (Å²) in [6.07, 6.45) is 4.45. The minimum absolute atomic E-state index is 0.175. The van der Waals surface area contributed by atoms with Gasteiger partial charge < -0.3 is 5.32 Å². The maximum atomic E-state index is 12.4. The van der Waals surface area contributed by atoms with E-state index < -0.39 is 5.56 Å². The number of H-pyrrole nitrogens is 2. The Morgan fingerprint density at radius 2 is 1.77 bits per heavy atom. The molecule has 1 fully saturated rings. The first kappa shape index (κ1) is 14.6. The van der Waals surface area contributed by atoms with Gasteiger partial charge in [0.05, 0.1) is 10.8 Å². The van der Waals surface area contributed by atoms with Crippen molar-refractivity contribution in [3.8, 4) is 0 Å². The van der Waals surface area contributed by atoms with E-state index in [2.05, 4.69) is 22.4 Å². The van der Waals surface area contributed by atoms with Gasteiger partial charge in [0, 0.05) is 11.6 Å². The highest BCUT2D eigenvalue weighted by Crippen LogP contribution is 2.24. The predicted molar refractivity (Wildman–Crippen MR) is 84.1 cm³/mol. The molecule has 1 aliphatic rings. The summed E-state index contributed by atoms with van der Waals surface area (Å²) in [5, 5.41) is 8.10. The average molecular weight is 301 g/mol. The Morgan fingerprint density at radius 1 is 1.09 bits per heavy atom. The molecule has 2 atom stereocenters. The normalized spacial score (nSPS) is 21.7. The van der Waals surface area contributed by atoms with E-state index in [4.69, 9.17) is 0 Å². The molecule has 1 aromatic carbocycles. The quantitative estimate of drug-likeness (QED) is 0.785. The lowest BCUT2D eigenvalue weighted by atomic mass is 9.86. The first-order valence-electron chi connectivity index (χ1n) is 7.62. The van der Waals surface area contributed by atoms with Crippen LogP contribution in [0.25, 0.3) is 10.8 Å². The summed E-state index contributed by atoms with van der Waals surface area (Å²) in [5.41, 5.74) is -0.376. The number of rotatable bonds is 2. The molecule has 1 amide bonds. The van der Waals surface area contributed by atoms with Crippen molar-refractivity contribution in [2.75, 3.05) is 0 Å². The molecule has 3 N–H and O–H groups in total. The highest BCUT2D eigenvalue weighted by Gasteiger charge is 2.23. The number of hydrogen-bond acceptors (Lipinski definition) is 3. The number of hydrogen-bond donors (Lipinski definition) is 3. The van der Waals surface area contributed by atoms with Gasteiger partial charge in [-0.1, -0.05) is 19.8 Å². The number of amides is 1. The summed E-state index contributed by atoms with van der Waals surface area (Å²) in [4.78, 5) is 35.8. The highest BCUT2D eigenvalue weighted by atomic mass is 16.2. The van der Waals surface area contributed by atoms with E-state index >= 15 is 0 Å². The summed E-state index contributed by atoms with van der Waals surface area (Å²) < 4.78 is 0. The van der Waals surface area contributed by atoms with Gasteiger partial charge in [-0.05, 0) is 37.0 Å². The van der Waals surface area contributed by atoms with Crippen LogP contribution in [0.5, 0.6) is 0 Å². The van der Waals surface area contributed by atoms with E-state index in [0.717, 1.165) is 19.3 Å². The number of carbonyl (C=O) groups is 1. The number of carbonyl (C=O) groups excluding carboxylic acids is 1. The molecule has 0 spiro atoms. The third-order valence-electron chi connectivity index (χ3n) is 4.49. The molecule has 1 aromatic heterocycles. The van der Waals surface area contributed by atoms with Crippen LogP contribution in [-0.4, -0.2) is 22.1 Å². The minimum Gasteiger partial charge on any atom is -0.349 e. The van der Waals surface area contributed by atoms with Crippen molar-refractivity contribution >= 4 is 16.7 Å². The Morgan fingerprint density at radius 3 is 2.50 bits per heavy atom. The van der Waals surface area contributed by atoms with Crippen molar-refractivity contribution in [2.45, 2.75) is 38.6 Å². The lowest BCUT2D eigenvalue weighted by molar-refractivity contribution is 0.0910. The second kappa shape index (κ2) is 5.79. The largest absolute Gasteiger partial charge is 0.349 e. The standard InChI is InChI=1S/C16H19N3O3/c1-9-4-2-3-5-13(9)17-14(20)10-6-7-11-12(8-10)16(22)19-18-15(11)21/h6-9,13H,2-5H2,1H3,(H,17,20)(H,18,21)(H,19,22)/t9-,13-/m0/s1. The van der Waals surface area contributed by atoms with Crippen molar-refractivity contribution in [1.82, 2.24) is 15.5 Å². The molecule has 0 bridgehead atoms. The summed E-state index contributed by atoms with van der Waals surface area (Å²) in [6.45, 7) is 2.15. The molecule has 0 unspecified atom stereocenters. The monoisotopic (exact) mass is 301 g/mol. The molecular weight excluding hydrogens is 282 g/mol. The molecule has 1 saturated carbocycles. The van der Waals surface area contributed by atoms with Crippen LogP contribution in [0.4, 0.5) is 0 Å². The molecule has 0 aliphatic heterocycles. The number of aromatic nitrogens is 2. The fourth-order valence-electron chi connectivity index (χ4n) is 3.10. The summed E-state index contributed by atoms with van der Waals surface area (Å²) in [7, 11) is 0. The topological polar surface area (TPSA) is 94.8 Å². The van der Waals surface area contributed by atoms with Gasteiger partial charge in [0.2, 0.25) is 0 Å². The van der Waals surface area contributed by atoms with Crippen LogP contribution in [0.3, 0.4) is 0 Å². The third kappa shape index (κ3) is 2.68. The van der Waals surface area contributed by atoms with Crippen LogP contribution >= 0.6 is 0 Å². The first-order valence-corrected chi connectivity index (χ1v) is 7.62. The van der Waals surface area contributed by atoms with Gasteiger partial charge in [-0.15, -0.1) is 0 Å². The Bertz CT molecular complexity index is 821. The molecule has 116 valence electrons. The van der Waals surface area contributed by atoms with Crippen molar-refractivity contribution in [2.24, 2.45) is 5.92 Å². The first-order chi connectivity index (χ1) is 10.6. The Kier molecular flexibility index (Phi) is 3.83. The van der Waals surface area contributed by atoms with E-state index in [0.29, 0.717) is 11.5 Å². The molecule has 1 heterocycles.